The van der Waals surface area contributed by atoms with Crippen LogP contribution in [0.1, 0.15) is 15.9 Å². The van der Waals surface area contributed by atoms with Gasteiger partial charge in [0.2, 0.25) is 0 Å². The summed E-state index contributed by atoms with van der Waals surface area (Å²) in [5.41, 5.74) is 1.65. The molecule has 0 radical (unpaired) electrons. The minimum absolute atomic E-state index is 0.00925. The third kappa shape index (κ3) is 5.40. The highest BCUT2D eigenvalue weighted by atomic mass is 79.9. The molecule has 25 heavy (non-hydrogen) atoms. The van der Waals surface area contributed by atoms with Crippen molar-refractivity contribution in [3.8, 4) is 0 Å². The number of esters is 1. The van der Waals surface area contributed by atoms with Gasteiger partial charge in [-0.2, -0.15) is 0 Å². The van der Waals surface area contributed by atoms with E-state index < -0.39 is 28.3 Å². The van der Waals surface area contributed by atoms with E-state index in [0.29, 0.717) is 10.2 Å². The molecule has 0 saturated heterocycles. The largest absolute Gasteiger partial charge is 0.452 e. The van der Waals surface area contributed by atoms with Gasteiger partial charge in [0.15, 0.2) is 16.4 Å². The number of aryl methyl sites for hydroxylation is 1. The van der Waals surface area contributed by atoms with Gasteiger partial charge in [-0.1, -0.05) is 12.1 Å². The summed E-state index contributed by atoms with van der Waals surface area (Å²) in [5, 5.41) is 2.62. The van der Waals surface area contributed by atoms with E-state index in [1.165, 1.54) is 24.3 Å². The normalized spacial score (nSPS) is 11.0. The molecule has 0 aliphatic rings. The van der Waals surface area contributed by atoms with Crippen molar-refractivity contribution < 1.29 is 22.7 Å². The van der Waals surface area contributed by atoms with Crippen molar-refractivity contribution in [3.63, 3.8) is 0 Å². The molecule has 1 N–H and O–H groups in total. The first-order chi connectivity index (χ1) is 11.7. The molecule has 6 nitrogen and oxygen atoms in total. The Labute approximate surface area is 154 Å². The van der Waals surface area contributed by atoms with Gasteiger partial charge < -0.3 is 10.1 Å². The second-order valence-electron chi connectivity index (χ2n) is 5.41. The summed E-state index contributed by atoms with van der Waals surface area (Å²) in [6, 6.07) is 10.9. The van der Waals surface area contributed by atoms with E-state index in [1.54, 1.807) is 6.07 Å². The van der Waals surface area contributed by atoms with Gasteiger partial charge in [-0.3, -0.25) is 4.79 Å². The number of halogens is 1. The number of amides is 1. The lowest BCUT2D eigenvalue weighted by Gasteiger charge is -2.09. The van der Waals surface area contributed by atoms with Gasteiger partial charge in [0.25, 0.3) is 5.91 Å². The molecule has 0 unspecified atom stereocenters. The first-order valence-electron chi connectivity index (χ1n) is 7.20. The fourth-order valence-corrected chi connectivity index (χ4v) is 3.24. The summed E-state index contributed by atoms with van der Waals surface area (Å²) in [6.07, 6.45) is 1.05. The fraction of sp³-hybridized carbons (Fsp3) is 0.176. The Morgan fingerprint density at radius 2 is 1.88 bits per heavy atom. The monoisotopic (exact) mass is 425 g/mol. The number of nitrogens with one attached hydrogen (secondary N) is 1. The number of rotatable bonds is 5. The topological polar surface area (TPSA) is 89.5 Å². The lowest BCUT2D eigenvalue weighted by Crippen LogP contribution is -2.21. The number of carbonyl (C=O) groups is 2. The van der Waals surface area contributed by atoms with Gasteiger partial charge in [0.05, 0.1) is 16.1 Å². The van der Waals surface area contributed by atoms with Crippen LogP contribution in [0, 0.1) is 6.92 Å². The molecule has 0 aliphatic heterocycles. The molecule has 2 aromatic carbocycles. The summed E-state index contributed by atoms with van der Waals surface area (Å²) in [4.78, 5) is 23.9. The van der Waals surface area contributed by atoms with Gasteiger partial charge >= 0.3 is 5.97 Å². The molecular weight excluding hydrogens is 410 g/mol. The third-order valence-electron chi connectivity index (χ3n) is 3.23. The van der Waals surface area contributed by atoms with Crippen LogP contribution in [0.4, 0.5) is 5.69 Å². The zero-order chi connectivity index (χ0) is 18.6. The van der Waals surface area contributed by atoms with Crippen LogP contribution < -0.4 is 5.32 Å². The maximum absolute atomic E-state index is 12.0. The number of sulfone groups is 1. The van der Waals surface area contributed by atoms with Crippen LogP contribution in [0.5, 0.6) is 0 Å². The number of ether oxygens (including phenoxy) is 1. The van der Waals surface area contributed by atoms with Crippen molar-refractivity contribution >= 4 is 43.3 Å². The van der Waals surface area contributed by atoms with E-state index in [1.807, 2.05) is 19.1 Å². The first kappa shape index (κ1) is 19.1. The van der Waals surface area contributed by atoms with Crippen LogP contribution in [-0.4, -0.2) is 33.2 Å². The quantitative estimate of drug-likeness (QED) is 0.743. The van der Waals surface area contributed by atoms with E-state index in [4.69, 9.17) is 4.74 Å². The molecule has 132 valence electrons. The lowest BCUT2D eigenvalue weighted by atomic mass is 10.2. The summed E-state index contributed by atoms with van der Waals surface area (Å²) in [5.74, 6) is -1.28. The molecule has 2 aromatic rings. The van der Waals surface area contributed by atoms with Gasteiger partial charge in [0, 0.05) is 10.7 Å². The second-order valence-corrected chi connectivity index (χ2v) is 8.28. The molecule has 0 fully saturated rings. The van der Waals surface area contributed by atoms with Crippen LogP contribution in [0.25, 0.3) is 0 Å². The molecule has 8 heteroatoms. The van der Waals surface area contributed by atoms with Crippen molar-refractivity contribution in [2.75, 3.05) is 18.2 Å². The Balaban J connectivity index is 1.99. The number of hydrogen-bond donors (Lipinski definition) is 1. The first-order valence-corrected chi connectivity index (χ1v) is 9.88. The average Bonchev–Trinajstić information content (AvgIpc) is 2.54. The van der Waals surface area contributed by atoms with Gasteiger partial charge in [-0.25, -0.2) is 13.2 Å². The molecule has 2 rings (SSSR count). The van der Waals surface area contributed by atoms with Crippen LogP contribution >= 0.6 is 15.9 Å². The van der Waals surface area contributed by atoms with Gasteiger partial charge in [0.1, 0.15) is 0 Å². The Morgan fingerprint density at radius 3 is 2.52 bits per heavy atom. The number of benzene rings is 2. The Hall–Kier alpha value is -2.19. The molecule has 0 saturated carbocycles. The minimum atomic E-state index is -3.43. The summed E-state index contributed by atoms with van der Waals surface area (Å²) in [7, 11) is -3.43. The Kier molecular flexibility index (Phi) is 5.97. The number of carbonyl (C=O) groups excluding carboxylic acids is 2. The SMILES string of the molecule is Cc1ccc(NC(=O)COC(=O)c2cccc(S(C)(=O)=O)c2)c(Br)c1. The van der Waals surface area contributed by atoms with Gasteiger partial charge in [-0.15, -0.1) is 0 Å². The zero-order valence-corrected chi connectivity index (χ0v) is 16.0. The maximum Gasteiger partial charge on any atom is 0.338 e. The predicted molar refractivity (Wildman–Crippen MR) is 97.3 cm³/mol. The molecule has 0 atom stereocenters. The van der Waals surface area contributed by atoms with Crippen LogP contribution in [0.3, 0.4) is 0 Å². The lowest BCUT2D eigenvalue weighted by molar-refractivity contribution is -0.119. The summed E-state index contributed by atoms with van der Waals surface area (Å²) >= 11 is 3.34. The third-order valence-corrected chi connectivity index (χ3v) is 5.00. The van der Waals surface area contributed by atoms with E-state index in [9.17, 15) is 18.0 Å². The van der Waals surface area contributed by atoms with E-state index in [-0.39, 0.29) is 10.5 Å². The van der Waals surface area contributed by atoms with Crippen molar-refractivity contribution in [1.82, 2.24) is 0 Å². The van der Waals surface area contributed by atoms with Crippen LogP contribution in [0.2, 0.25) is 0 Å². The molecule has 0 heterocycles. The average molecular weight is 426 g/mol. The molecule has 1 amide bonds. The molecule has 0 aromatic heterocycles. The van der Waals surface area contributed by atoms with Crippen molar-refractivity contribution in [2.45, 2.75) is 11.8 Å². The predicted octanol–water partition coefficient (Wildman–Crippen LogP) is 2.96. The highest BCUT2D eigenvalue weighted by molar-refractivity contribution is 9.10. The molecule has 0 spiro atoms. The van der Waals surface area contributed by atoms with Crippen molar-refractivity contribution in [3.05, 3.63) is 58.1 Å². The molecule has 0 aliphatic carbocycles. The number of hydrogen-bond acceptors (Lipinski definition) is 5. The van der Waals surface area contributed by atoms with Gasteiger partial charge in [-0.05, 0) is 58.7 Å². The highest BCUT2D eigenvalue weighted by Crippen LogP contribution is 2.23. The van der Waals surface area contributed by atoms with Crippen molar-refractivity contribution in [2.24, 2.45) is 0 Å². The van der Waals surface area contributed by atoms with E-state index in [2.05, 4.69) is 21.2 Å². The zero-order valence-electron chi connectivity index (χ0n) is 13.6. The second kappa shape index (κ2) is 7.79. The molecule has 0 bridgehead atoms. The maximum atomic E-state index is 12.0. The molecular formula is C17H16BrNO5S. The summed E-state index contributed by atoms with van der Waals surface area (Å²) < 4.78 is 28.7. The fourth-order valence-electron chi connectivity index (χ4n) is 1.98. The Bertz CT molecular complexity index is 924. The summed E-state index contributed by atoms with van der Waals surface area (Å²) in [6.45, 7) is 1.44. The number of anilines is 1. The highest BCUT2D eigenvalue weighted by Gasteiger charge is 2.14. The van der Waals surface area contributed by atoms with E-state index in [0.717, 1.165) is 11.8 Å². The van der Waals surface area contributed by atoms with E-state index >= 15 is 0 Å². The van der Waals surface area contributed by atoms with Crippen molar-refractivity contribution in [1.29, 1.82) is 0 Å². The minimum Gasteiger partial charge on any atom is -0.452 e. The standard InChI is InChI=1S/C17H16BrNO5S/c1-11-6-7-15(14(18)8-11)19-16(20)10-24-17(21)12-4-3-5-13(9-12)25(2,22)23/h3-9H,10H2,1-2H3,(H,19,20). The van der Waals surface area contributed by atoms with Crippen LogP contribution in [0.15, 0.2) is 51.8 Å². The Morgan fingerprint density at radius 1 is 1.16 bits per heavy atom. The smallest absolute Gasteiger partial charge is 0.338 e. The van der Waals surface area contributed by atoms with Crippen LogP contribution in [-0.2, 0) is 19.4 Å².